The number of Topliss-reactive ketones (excluding diaryl/α,β-unsaturated/α-hetero) is 1. The minimum Gasteiger partial charge on any atom is -0.459 e. The molecular weight excluding hydrogens is 382 g/mol. The summed E-state index contributed by atoms with van der Waals surface area (Å²) < 4.78 is 16.9. The van der Waals surface area contributed by atoms with Gasteiger partial charge in [0, 0.05) is 29.3 Å². The van der Waals surface area contributed by atoms with Crippen molar-refractivity contribution >= 4 is 11.8 Å². The summed E-state index contributed by atoms with van der Waals surface area (Å²) in [7, 11) is 0. The van der Waals surface area contributed by atoms with Crippen LogP contribution in [0.4, 0.5) is 0 Å². The van der Waals surface area contributed by atoms with Crippen molar-refractivity contribution in [2.45, 2.75) is 70.3 Å². The second-order valence-electron chi connectivity index (χ2n) is 8.54. The van der Waals surface area contributed by atoms with Gasteiger partial charge in [-0.2, -0.15) is 0 Å². The van der Waals surface area contributed by atoms with Crippen LogP contribution >= 0.6 is 0 Å². The average molecular weight is 409 g/mol. The molecule has 0 radical (unpaired) electrons. The van der Waals surface area contributed by atoms with E-state index >= 15 is 0 Å². The maximum Gasteiger partial charge on any atom is 0.337 e. The largest absolute Gasteiger partial charge is 0.459 e. The van der Waals surface area contributed by atoms with E-state index in [1.165, 1.54) is 6.42 Å². The molecular formula is C24H27NO5. The topological polar surface area (TPSA) is 73.9 Å². The lowest BCUT2D eigenvalue weighted by molar-refractivity contribution is -0.146. The molecule has 5 rings (SSSR count). The van der Waals surface area contributed by atoms with Crippen molar-refractivity contribution in [1.82, 2.24) is 5.32 Å². The van der Waals surface area contributed by atoms with Crippen molar-refractivity contribution in [3.63, 3.8) is 0 Å². The molecule has 1 aromatic rings. The second-order valence-corrected chi connectivity index (χ2v) is 8.54. The highest BCUT2D eigenvalue weighted by molar-refractivity contribution is 6.03. The zero-order valence-electron chi connectivity index (χ0n) is 17.3. The maximum atomic E-state index is 13.4. The zero-order chi connectivity index (χ0) is 20.7. The summed E-state index contributed by atoms with van der Waals surface area (Å²) in [5, 5.41) is 3.35. The lowest BCUT2D eigenvalue weighted by Crippen LogP contribution is -2.35. The number of benzene rings is 1. The van der Waals surface area contributed by atoms with E-state index in [1.54, 1.807) is 0 Å². The fourth-order valence-electron chi connectivity index (χ4n) is 5.08. The summed E-state index contributed by atoms with van der Waals surface area (Å²) in [5.41, 5.74) is 3.79. The van der Waals surface area contributed by atoms with E-state index in [9.17, 15) is 9.59 Å². The van der Waals surface area contributed by atoms with Gasteiger partial charge in [-0.15, -0.1) is 0 Å². The predicted molar refractivity (Wildman–Crippen MR) is 110 cm³/mol. The van der Waals surface area contributed by atoms with Gasteiger partial charge in [0.2, 0.25) is 6.79 Å². The predicted octanol–water partition coefficient (Wildman–Crippen LogP) is 4.26. The minimum absolute atomic E-state index is 0.0404. The molecule has 0 saturated heterocycles. The van der Waals surface area contributed by atoms with E-state index in [4.69, 9.17) is 14.2 Å². The number of ether oxygens (including phenoxy) is 3. The van der Waals surface area contributed by atoms with Gasteiger partial charge < -0.3 is 19.5 Å². The lowest BCUT2D eigenvalue weighted by atomic mass is 9.75. The summed E-state index contributed by atoms with van der Waals surface area (Å²) in [6, 6.07) is 5.68. The summed E-state index contributed by atoms with van der Waals surface area (Å²) in [5.74, 6) is 0.666. The van der Waals surface area contributed by atoms with E-state index in [2.05, 4.69) is 5.32 Å². The number of esters is 1. The standard InChI is InChI=1S/C24H27NO5/c1-14-21(24(27)30-16-6-3-2-4-7-16)22(23-17(25-14)8-5-9-18(23)26)15-10-11-19-20(12-15)29-13-28-19/h10-12,16,22,25H,2-9,13H2,1H3/t22-/m0/s1. The van der Waals surface area contributed by atoms with Crippen molar-refractivity contribution < 1.29 is 23.8 Å². The number of hydrogen-bond acceptors (Lipinski definition) is 6. The molecule has 1 atom stereocenters. The SMILES string of the molecule is CC1=C(C(=O)OC2CCCCC2)[C@H](c2ccc3c(c2)OCO3)C2=C(CCCC2=O)N1. The third-order valence-corrected chi connectivity index (χ3v) is 6.55. The van der Waals surface area contributed by atoms with Crippen LogP contribution in [-0.2, 0) is 14.3 Å². The fourth-order valence-corrected chi connectivity index (χ4v) is 5.08. The Labute approximate surface area is 176 Å². The van der Waals surface area contributed by atoms with Gasteiger partial charge >= 0.3 is 5.97 Å². The molecule has 4 aliphatic rings. The molecule has 2 aliphatic heterocycles. The van der Waals surface area contributed by atoms with Crippen LogP contribution in [0.2, 0.25) is 0 Å². The van der Waals surface area contributed by atoms with Crippen LogP contribution in [0, 0.1) is 0 Å². The van der Waals surface area contributed by atoms with Crippen molar-refractivity contribution in [3.8, 4) is 11.5 Å². The maximum absolute atomic E-state index is 13.4. The van der Waals surface area contributed by atoms with Gasteiger partial charge in [0.25, 0.3) is 0 Å². The summed E-state index contributed by atoms with van der Waals surface area (Å²) in [4.78, 5) is 26.3. The number of dihydropyridines is 1. The quantitative estimate of drug-likeness (QED) is 0.752. The van der Waals surface area contributed by atoms with Gasteiger partial charge in [-0.1, -0.05) is 12.5 Å². The summed E-state index contributed by atoms with van der Waals surface area (Å²) in [6.45, 7) is 2.09. The second kappa shape index (κ2) is 7.82. The van der Waals surface area contributed by atoms with Crippen LogP contribution in [0.5, 0.6) is 11.5 Å². The molecule has 6 nitrogen and oxygen atoms in total. The number of carbonyl (C=O) groups is 2. The van der Waals surface area contributed by atoms with Crippen molar-refractivity contribution in [2.24, 2.45) is 0 Å². The molecule has 0 aromatic heterocycles. The smallest absolute Gasteiger partial charge is 0.337 e. The number of allylic oxidation sites excluding steroid dienone is 3. The van der Waals surface area contributed by atoms with Crippen LogP contribution in [0.1, 0.15) is 69.8 Å². The van der Waals surface area contributed by atoms with Crippen LogP contribution in [0.3, 0.4) is 0 Å². The number of nitrogens with one attached hydrogen (secondary N) is 1. The van der Waals surface area contributed by atoms with Gasteiger partial charge in [-0.3, -0.25) is 4.79 Å². The third kappa shape index (κ3) is 3.38. The number of carbonyl (C=O) groups excluding carboxylic acids is 2. The molecule has 2 aliphatic carbocycles. The van der Waals surface area contributed by atoms with E-state index < -0.39 is 5.92 Å². The van der Waals surface area contributed by atoms with Gasteiger partial charge in [0.1, 0.15) is 6.10 Å². The summed E-state index contributed by atoms with van der Waals surface area (Å²) in [6.07, 6.45) is 7.30. The Kier molecular flexibility index (Phi) is 5.01. The fraction of sp³-hybridized carbons (Fsp3) is 0.500. The highest BCUT2D eigenvalue weighted by Gasteiger charge is 2.40. The van der Waals surface area contributed by atoms with Gasteiger partial charge in [0.15, 0.2) is 17.3 Å². The first kappa shape index (κ1) is 19.2. The van der Waals surface area contributed by atoms with Crippen molar-refractivity contribution in [3.05, 3.63) is 46.3 Å². The molecule has 0 spiro atoms. The lowest BCUT2D eigenvalue weighted by Gasteiger charge is -2.35. The van der Waals surface area contributed by atoms with Gasteiger partial charge in [0.05, 0.1) is 5.57 Å². The molecule has 2 heterocycles. The normalized spacial score (nSPS) is 23.9. The van der Waals surface area contributed by atoms with Crippen LogP contribution in [-0.4, -0.2) is 24.6 Å². The van der Waals surface area contributed by atoms with Crippen LogP contribution < -0.4 is 14.8 Å². The third-order valence-electron chi connectivity index (χ3n) is 6.55. The monoisotopic (exact) mass is 409 g/mol. The van der Waals surface area contributed by atoms with Crippen molar-refractivity contribution in [1.29, 1.82) is 0 Å². The molecule has 1 aromatic carbocycles. The van der Waals surface area contributed by atoms with E-state index in [1.807, 2.05) is 25.1 Å². The van der Waals surface area contributed by atoms with E-state index in [-0.39, 0.29) is 24.6 Å². The van der Waals surface area contributed by atoms with E-state index in [0.29, 0.717) is 29.1 Å². The highest BCUT2D eigenvalue weighted by Crippen LogP contribution is 2.45. The Bertz CT molecular complexity index is 954. The molecule has 1 saturated carbocycles. The molecule has 1 fully saturated rings. The van der Waals surface area contributed by atoms with Gasteiger partial charge in [-0.25, -0.2) is 4.79 Å². The number of rotatable bonds is 3. The Morgan fingerprint density at radius 2 is 1.87 bits per heavy atom. The average Bonchev–Trinajstić information content (AvgIpc) is 3.21. The van der Waals surface area contributed by atoms with Crippen LogP contribution in [0.15, 0.2) is 40.7 Å². The van der Waals surface area contributed by atoms with Crippen LogP contribution in [0.25, 0.3) is 0 Å². The number of fused-ring (bicyclic) bond motifs is 1. The number of hydrogen-bond donors (Lipinski definition) is 1. The Morgan fingerprint density at radius 1 is 1.07 bits per heavy atom. The Hall–Kier alpha value is -2.76. The molecule has 0 unspecified atom stereocenters. The molecule has 0 bridgehead atoms. The Morgan fingerprint density at radius 3 is 2.70 bits per heavy atom. The number of ketones is 1. The van der Waals surface area contributed by atoms with E-state index in [0.717, 1.165) is 55.5 Å². The summed E-state index contributed by atoms with van der Waals surface area (Å²) >= 11 is 0. The molecule has 0 amide bonds. The minimum atomic E-state index is -0.445. The molecule has 30 heavy (non-hydrogen) atoms. The zero-order valence-corrected chi connectivity index (χ0v) is 17.3. The molecule has 158 valence electrons. The Balaban J connectivity index is 1.55. The van der Waals surface area contributed by atoms with Gasteiger partial charge in [-0.05, 0) is 63.1 Å². The highest BCUT2D eigenvalue weighted by atomic mass is 16.7. The van der Waals surface area contributed by atoms with Crippen molar-refractivity contribution in [2.75, 3.05) is 6.79 Å². The first-order valence-electron chi connectivity index (χ1n) is 11.0. The molecule has 6 heteroatoms. The first-order chi connectivity index (χ1) is 14.6. The first-order valence-corrected chi connectivity index (χ1v) is 11.0. The molecule has 1 N–H and O–H groups in total.